The van der Waals surface area contributed by atoms with E-state index in [0.717, 1.165) is 4.90 Å². The van der Waals surface area contributed by atoms with E-state index in [1.54, 1.807) is 0 Å². The topological polar surface area (TPSA) is 47.6 Å². The zero-order valence-corrected chi connectivity index (χ0v) is 7.47. The van der Waals surface area contributed by atoms with Gasteiger partial charge in [-0.15, -0.1) is 12.6 Å². The predicted molar refractivity (Wildman–Crippen MR) is 46.6 cm³/mol. The molecule has 0 radical (unpaired) electrons. The van der Waals surface area contributed by atoms with E-state index in [1.807, 2.05) is 6.07 Å². The lowest BCUT2D eigenvalue weighted by atomic mass is 10.2. The maximum absolute atomic E-state index is 6.00. The van der Waals surface area contributed by atoms with E-state index in [1.165, 1.54) is 11.1 Å². The molecule has 0 fully saturated rings. The van der Waals surface area contributed by atoms with Gasteiger partial charge in [0.15, 0.2) is 0 Å². The van der Waals surface area contributed by atoms with Gasteiger partial charge in [-0.1, -0.05) is 17.7 Å². The van der Waals surface area contributed by atoms with Crippen molar-refractivity contribution < 1.29 is 0 Å². The summed E-state index contributed by atoms with van der Waals surface area (Å²) in [6, 6.07) is 6.21. The summed E-state index contributed by atoms with van der Waals surface area (Å²) < 4.78 is 0. The van der Waals surface area contributed by atoms with Crippen LogP contribution in [0.3, 0.4) is 0 Å². The summed E-state index contributed by atoms with van der Waals surface area (Å²) in [5.74, 6) is 0. The van der Waals surface area contributed by atoms with Crippen molar-refractivity contribution in [2.45, 2.75) is 18.7 Å². The fourth-order valence-electron chi connectivity index (χ4n) is 0.805. The minimum absolute atomic E-state index is 1.07. The third kappa shape index (κ3) is 3.06. The Morgan fingerprint density at radius 1 is 1.18 bits per heavy atom. The highest BCUT2D eigenvalue weighted by molar-refractivity contribution is 7.80. The molecule has 58 valence electrons. The SMILES string of the molecule is Cc1ccc(S)c(C)c1.N#N. The maximum Gasteiger partial charge on any atom is 0.00694 e. The average Bonchev–Trinajstić information content (AvgIpc) is 2.02. The van der Waals surface area contributed by atoms with Crippen LogP contribution >= 0.6 is 12.6 Å². The summed E-state index contributed by atoms with van der Waals surface area (Å²) in [4.78, 5) is 1.07. The molecule has 0 aliphatic heterocycles. The van der Waals surface area contributed by atoms with Gasteiger partial charge < -0.3 is 0 Å². The Hall–Kier alpha value is -1.01. The third-order valence-corrected chi connectivity index (χ3v) is 1.85. The van der Waals surface area contributed by atoms with Crippen molar-refractivity contribution >= 4 is 12.6 Å². The van der Waals surface area contributed by atoms with Crippen LogP contribution in [0.15, 0.2) is 23.1 Å². The standard InChI is InChI=1S/C8H10S.N2/c1-6-3-4-8(9)7(2)5-6;1-2/h3-5,9H,1-2H3;. The molecule has 0 atom stereocenters. The van der Waals surface area contributed by atoms with Gasteiger partial charge in [-0.2, -0.15) is 0 Å². The largest absolute Gasteiger partial charge is 0.143 e. The highest BCUT2D eigenvalue weighted by atomic mass is 32.1. The van der Waals surface area contributed by atoms with Gasteiger partial charge in [0.05, 0.1) is 0 Å². The number of hydrogen-bond acceptors (Lipinski definition) is 3. The number of hydrogen-bond donors (Lipinski definition) is 1. The van der Waals surface area contributed by atoms with E-state index in [0.29, 0.717) is 0 Å². The number of nitrogens with zero attached hydrogens (tertiary/aromatic N) is 2. The van der Waals surface area contributed by atoms with Crippen molar-refractivity contribution in [1.82, 2.24) is 0 Å². The maximum atomic E-state index is 6.00. The molecule has 0 unspecified atom stereocenters. The van der Waals surface area contributed by atoms with Gasteiger partial charge in [0.1, 0.15) is 0 Å². The van der Waals surface area contributed by atoms with E-state index in [-0.39, 0.29) is 0 Å². The van der Waals surface area contributed by atoms with Gasteiger partial charge >= 0.3 is 0 Å². The molecule has 0 saturated carbocycles. The Morgan fingerprint density at radius 2 is 1.73 bits per heavy atom. The van der Waals surface area contributed by atoms with Gasteiger partial charge in [0, 0.05) is 15.7 Å². The van der Waals surface area contributed by atoms with E-state index in [2.05, 4.69) is 38.6 Å². The number of benzene rings is 1. The molecule has 1 aromatic rings. The Balaban J connectivity index is 0.000000461. The highest BCUT2D eigenvalue weighted by Crippen LogP contribution is 2.13. The first kappa shape index (κ1) is 9.99. The fraction of sp³-hybridized carbons (Fsp3) is 0.250. The predicted octanol–water partition coefficient (Wildman–Crippen LogP) is 2.62. The van der Waals surface area contributed by atoms with Crippen LogP contribution in [0.4, 0.5) is 0 Å². The first-order valence-electron chi connectivity index (χ1n) is 3.16. The molecule has 0 bridgehead atoms. The number of rotatable bonds is 0. The Labute approximate surface area is 72.1 Å². The van der Waals surface area contributed by atoms with Crippen LogP contribution in [-0.2, 0) is 0 Å². The van der Waals surface area contributed by atoms with Crippen molar-refractivity contribution in [3.63, 3.8) is 0 Å². The van der Waals surface area contributed by atoms with Gasteiger partial charge in [-0.3, -0.25) is 0 Å². The summed E-state index contributed by atoms with van der Waals surface area (Å²) in [7, 11) is 0. The minimum Gasteiger partial charge on any atom is -0.143 e. The Morgan fingerprint density at radius 3 is 2.09 bits per heavy atom. The zero-order valence-electron chi connectivity index (χ0n) is 6.57. The molecule has 1 rings (SSSR count). The van der Waals surface area contributed by atoms with E-state index in [4.69, 9.17) is 10.8 Å². The van der Waals surface area contributed by atoms with Crippen molar-refractivity contribution in [1.29, 1.82) is 10.8 Å². The number of aryl methyl sites for hydroxylation is 2. The molecule has 0 aliphatic rings. The van der Waals surface area contributed by atoms with Crippen LogP contribution in [0.25, 0.3) is 0 Å². The Kier molecular flexibility index (Phi) is 4.32. The summed E-state index contributed by atoms with van der Waals surface area (Å²) in [5, 5.41) is 12.0. The molecule has 0 spiro atoms. The second-order valence-electron chi connectivity index (χ2n) is 2.29. The monoisotopic (exact) mass is 166 g/mol. The fourth-order valence-corrected chi connectivity index (χ4v) is 0.944. The van der Waals surface area contributed by atoms with Crippen LogP contribution in [0.5, 0.6) is 0 Å². The lowest BCUT2D eigenvalue weighted by molar-refractivity contribution is 1.15. The van der Waals surface area contributed by atoms with Gasteiger partial charge in [0.2, 0.25) is 0 Å². The summed E-state index contributed by atoms with van der Waals surface area (Å²) in [6.45, 7) is 4.15. The van der Waals surface area contributed by atoms with E-state index in [9.17, 15) is 0 Å². The summed E-state index contributed by atoms with van der Waals surface area (Å²) >= 11 is 4.25. The molecule has 11 heavy (non-hydrogen) atoms. The normalized spacial score (nSPS) is 8.09. The highest BCUT2D eigenvalue weighted by Gasteiger charge is 1.89. The molecule has 3 heteroatoms. The molecule has 2 nitrogen and oxygen atoms in total. The third-order valence-electron chi connectivity index (χ3n) is 1.35. The molecule has 0 aliphatic carbocycles. The molecule has 0 heterocycles. The van der Waals surface area contributed by atoms with Crippen LogP contribution in [0, 0.1) is 24.6 Å². The van der Waals surface area contributed by atoms with Crippen molar-refractivity contribution in [2.24, 2.45) is 0 Å². The summed E-state index contributed by atoms with van der Waals surface area (Å²) in [6.07, 6.45) is 0. The van der Waals surface area contributed by atoms with Crippen molar-refractivity contribution in [2.75, 3.05) is 0 Å². The molecule has 0 aromatic heterocycles. The molecule has 0 N–H and O–H groups in total. The second-order valence-corrected chi connectivity index (χ2v) is 2.77. The molecule has 0 amide bonds. The molecule has 0 saturated heterocycles. The lowest BCUT2D eigenvalue weighted by Crippen LogP contribution is -1.76. The Bertz CT molecular complexity index is 256. The van der Waals surface area contributed by atoms with Crippen LogP contribution in [0.1, 0.15) is 11.1 Å². The zero-order chi connectivity index (χ0) is 8.85. The number of thiol groups is 1. The minimum atomic E-state index is 1.07. The van der Waals surface area contributed by atoms with Crippen molar-refractivity contribution in [3.05, 3.63) is 29.3 Å². The first-order valence-corrected chi connectivity index (χ1v) is 3.61. The van der Waals surface area contributed by atoms with Gasteiger partial charge in [0.25, 0.3) is 0 Å². The average molecular weight is 166 g/mol. The molecular weight excluding hydrogens is 156 g/mol. The van der Waals surface area contributed by atoms with Gasteiger partial charge in [-0.05, 0) is 25.5 Å². The molecular formula is C8H10N2S. The van der Waals surface area contributed by atoms with Crippen molar-refractivity contribution in [3.8, 4) is 0 Å². The van der Waals surface area contributed by atoms with Crippen LogP contribution in [0.2, 0.25) is 0 Å². The van der Waals surface area contributed by atoms with Gasteiger partial charge in [-0.25, -0.2) is 0 Å². The molecule has 1 aromatic carbocycles. The lowest BCUT2D eigenvalue weighted by Gasteiger charge is -1.97. The van der Waals surface area contributed by atoms with E-state index >= 15 is 0 Å². The van der Waals surface area contributed by atoms with Crippen LogP contribution < -0.4 is 0 Å². The summed E-state index contributed by atoms with van der Waals surface area (Å²) in [5.41, 5.74) is 2.55. The first-order chi connectivity index (χ1) is 5.20. The smallest absolute Gasteiger partial charge is 0.00694 e. The van der Waals surface area contributed by atoms with Crippen LogP contribution in [-0.4, -0.2) is 0 Å². The quantitative estimate of drug-likeness (QED) is 0.475. The van der Waals surface area contributed by atoms with E-state index < -0.39 is 0 Å². The second kappa shape index (κ2) is 4.75.